The van der Waals surface area contributed by atoms with Gasteiger partial charge in [-0.3, -0.25) is 0 Å². The molecule has 0 N–H and O–H groups in total. The molecule has 11 heavy (non-hydrogen) atoms. The van der Waals surface area contributed by atoms with Gasteiger partial charge in [-0.1, -0.05) is 18.2 Å². The van der Waals surface area contributed by atoms with Gasteiger partial charge in [0.15, 0.2) is 0 Å². The smallest absolute Gasteiger partial charge is 0.744 e. The van der Waals surface area contributed by atoms with Crippen molar-refractivity contribution in [3.05, 3.63) is 30.3 Å². The van der Waals surface area contributed by atoms with Gasteiger partial charge >= 0.3 is 17.1 Å². The van der Waals surface area contributed by atoms with E-state index in [1.54, 1.807) is 6.07 Å². The van der Waals surface area contributed by atoms with Gasteiger partial charge < -0.3 is 4.55 Å². The van der Waals surface area contributed by atoms with Crippen molar-refractivity contribution in [2.45, 2.75) is 4.90 Å². The monoisotopic (exact) mass is 213 g/mol. The fraction of sp³-hybridized carbons (Fsp3) is 0. The minimum Gasteiger partial charge on any atom is -0.744 e. The minimum atomic E-state index is -4.25. The third-order valence-corrected chi connectivity index (χ3v) is 1.88. The Balaban J connectivity index is 0.000001000. The molecule has 0 saturated carbocycles. The van der Waals surface area contributed by atoms with Crippen molar-refractivity contribution in [3.63, 3.8) is 0 Å². The molecule has 1 radical (unpaired) electrons. The summed E-state index contributed by atoms with van der Waals surface area (Å²) in [5, 5.41) is 0. The zero-order valence-electron chi connectivity index (χ0n) is 5.37. The molecule has 1 aromatic rings. The van der Waals surface area contributed by atoms with Crippen molar-refractivity contribution in [2.75, 3.05) is 0 Å². The number of rotatable bonds is 1. The molecule has 0 aliphatic heterocycles. The van der Waals surface area contributed by atoms with Crippen molar-refractivity contribution < 1.29 is 30.0 Å². The van der Waals surface area contributed by atoms with Crippen molar-refractivity contribution in [3.8, 4) is 0 Å². The van der Waals surface area contributed by atoms with Crippen LogP contribution in [0.3, 0.4) is 0 Å². The van der Waals surface area contributed by atoms with Gasteiger partial charge in [0, 0.05) is 0 Å². The first-order chi connectivity index (χ1) is 4.61. The third-order valence-electron chi connectivity index (χ3n) is 1.03. The Kier molecular flexibility index (Phi) is 3.75. The summed E-state index contributed by atoms with van der Waals surface area (Å²) in [7, 11) is -4.25. The summed E-state index contributed by atoms with van der Waals surface area (Å²) in [5.41, 5.74) is 0. The van der Waals surface area contributed by atoms with E-state index in [9.17, 15) is 13.0 Å². The second kappa shape index (κ2) is 3.87. The molecular weight excluding hydrogens is 208 g/mol. The van der Waals surface area contributed by atoms with Crippen molar-refractivity contribution in [1.29, 1.82) is 0 Å². The summed E-state index contributed by atoms with van der Waals surface area (Å²) in [5.74, 6) is 0. The SMILES string of the molecule is O=S(=O)([O-])c1ccccc1.[Fe+3]. The van der Waals surface area contributed by atoms with E-state index in [0.717, 1.165) is 0 Å². The molecule has 1 aromatic carbocycles. The zero-order valence-corrected chi connectivity index (χ0v) is 7.29. The first-order valence-electron chi connectivity index (χ1n) is 2.61. The molecule has 59 valence electrons. The van der Waals surface area contributed by atoms with E-state index in [4.69, 9.17) is 0 Å². The molecule has 0 unspecified atom stereocenters. The normalized spacial score (nSPS) is 10.3. The first kappa shape index (κ1) is 10.6. The van der Waals surface area contributed by atoms with Gasteiger partial charge in [0.1, 0.15) is 10.1 Å². The van der Waals surface area contributed by atoms with E-state index in [1.807, 2.05) is 0 Å². The second-order valence-corrected chi connectivity index (χ2v) is 3.15. The molecule has 0 aliphatic carbocycles. The van der Waals surface area contributed by atoms with Crippen LogP contribution in [0.1, 0.15) is 0 Å². The van der Waals surface area contributed by atoms with Crippen LogP contribution in [0.15, 0.2) is 35.2 Å². The van der Waals surface area contributed by atoms with E-state index in [0.29, 0.717) is 0 Å². The molecule has 0 saturated heterocycles. The molecule has 0 spiro atoms. The largest absolute Gasteiger partial charge is 3.00 e. The third kappa shape index (κ3) is 3.03. The standard InChI is InChI=1S/C6H6O3S.Fe/c7-10(8,9)6-4-2-1-3-5-6;/h1-5H,(H,7,8,9);/q;+3/p-1. The van der Waals surface area contributed by atoms with Crippen LogP contribution in [0.5, 0.6) is 0 Å². The van der Waals surface area contributed by atoms with Crippen molar-refractivity contribution >= 4 is 10.1 Å². The number of hydrogen-bond donors (Lipinski definition) is 0. The van der Waals surface area contributed by atoms with E-state index in [2.05, 4.69) is 0 Å². The van der Waals surface area contributed by atoms with Crippen LogP contribution in [-0.4, -0.2) is 13.0 Å². The fourth-order valence-corrected chi connectivity index (χ4v) is 1.08. The van der Waals surface area contributed by atoms with Crippen LogP contribution in [0.4, 0.5) is 0 Å². The summed E-state index contributed by atoms with van der Waals surface area (Å²) in [6.07, 6.45) is 0. The predicted octanol–water partition coefficient (Wildman–Crippen LogP) is 0.588. The molecule has 0 atom stereocenters. The fourth-order valence-electron chi connectivity index (χ4n) is 0.587. The molecule has 0 aromatic heterocycles. The summed E-state index contributed by atoms with van der Waals surface area (Å²) in [4.78, 5) is -0.185. The van der Waals surface area contributed by atoms with Gasteiger partial charge in [-0.15, -0.1) is 0 Å². The average Bonchev–Trinajstić information content (AvgIpc) is 1.88. The Morgan fingerprint density at radius 3 is 1.82 bits per heavy atom. The molecule has 1 rings (SSSR count). The van der Waals surface area contributed by atoms with Crippen LogP contribution in [0.25, 0.3) is 0 Å². The van der Waals surface area contributed by atoms with Gasteiger partial charge in [-0.2, -0.15) is 0 Å². The Morgan fingerprint density at radius 2 is 1.55 bits per heavy atom. The molecule has 3 nitrogen and oxygen atoms in total. The quantitative estimate of drug-likeness (QED) is 0.506. The Hall–Kier alpha value is -0.351. The molecule has 0 heterocycles. The van der Waals surface area contributed by atoms with Gasteiger partial charge in [0.2, 0.25) is 0 Å². The summed E-state index contributed by atoms with van der Waals surface area (Å²) < 4.78 is 30.8. The minimum absolute atomic E-state index is 0. The average molecular weight is 213 g/mol. The van der Waals surface area contributed by atoms with Crippen LogP contribution < -0.4 is 0 Å². The summed E-state index contributed by atoms with van der Waals surface area (Å²) >= 11 is 0. The van der Waals surface area contributed by atoms with Crippen molar-refractivity contribution in [2.24, 2.45) is 0 Å². The van der Waals surface area contributed by atoms with Gasteiger partial charge in [0.05, 0.1) is 4.90 Å². The molecule has 5 heteroatoms. The maximum atomic E-state index is 10.3. The van der Waals surface area contributed by atoms with Crippen LogP contribution >= 0.6 is 0 Å². The second-order valence-electron chi connectivity index (χ2n) is 1.77. The maximum absolute atomic E-state index is 10.3. The number of benzene rings is 1. The summed E-state index contributed by atoms with van der Waals surface area (Å²) in [6.45, 7) is 0. The first-order valence-corrected chi connectivity index (χ1v) is 4.02. The molecule has 0 bridgehead atoms. The van der Waals surface area contributed by atoms with E-state index in [-0.39, 0.29) is 22.0 Å². The van der Waals surface area contributed by atoms with E-state index in [1.165, 1.54) is 24.3 Å². The van der Waals surface area contributed by atoms with E-state index >= 15 is 0 Å². The molecule has 0 aliphatic rings. The van der Waals surface area contributed by atoms with Gasteiger partial charge in [0.25, 0.3) is 0 Å². The molecule has 0 fully saturated rings. The van der Waals surface area contributed by atoms with Crippen LogP contribution in [-0.2, 0) is 27.2 Å². The topological polar surface area (TPSA) is 57.2 Å². The molecular formula is C6H5FeO3S+2. The van der Waals surface area contributed by atoms with E-state index < -0.39 is 10.1 Å². The molecule has 0 amide bonds. The van der Waals surface area contributed by atoms with Crippen molar-refractivity contribution in [1.82, 2.24) is 0 Å². The maximum Gasteiger partial charge on any atom is 3.00 e. The van der Waals surface area contributed by atoms with Gasteiger partial charge in [-0.05, 0) is 12.1 Å². The summed E-state index contributed by atoms with van der Waals surface area (Å²) in [6, 6.07) is 7.19. The zero-order chi connectivity index (χ0) is 7.61. The number of hydrogen-bond acceptors (Lipinski definition) is 3. The predicted molar refractivity (Wildman–Crippen MR) is 34.4 cm³/mol. The Labute approximate surface area is 75.7 Å². The Morgan fingerprint density at radius 1 is 1.09 bits per heavy atom. The van der Waals surface area contributed by atoms with Crippen LogP contribution in [0.2, 0.25) is 0 Å². The van der Waals surface area contributed by atoms with Gasteiger partial charge in [-0.25, -0.2) is 8.42 Å². The van der Waals surface area contributed by atoms with Crippen LogP contribution in [0, 0.1) is 0 Å². The Bertz CT molecular complexity index is 306.